The number of nitrogens with zero attached hydrogens (tertiary/aromatic N) is 1. The Morgan fingerprint density at radius 3 is 2.75 bits per heavy atom. The predicted molar refractivity (Wildman–Crippen MR) is 69.6 cm³/mol. The fourth-order valence-corrected chi connectivity index (χ4v) is 3.31. The van der Waals surface area contributed by atoms with Crippen LogP contribution in [0.1, 0.15) is 46.5 Å². The van der Waals surface area contributed by atoms with Crippen molar-refractivity contribution in [2.45, 2.75) is 58.5 Å². The fraction of sp³-hybridized carbons (Fsp3) is 1.00. The molecule has 94 valence electrons. The Kier molecular flexibility index (Phi) is 4.26. The third-order valence-electron chi connectivity index (χ3n) is 4.47. The van der Waals surface area contributed by atoms with Crippen molar-refractivity contribution in [3.8, 4) is 0 Å². The van der Waals surface area contributed by atoms with Gasteiger partial charge in [-0.15, -0.1) is 0 Å². The molecule has 1 heterocycles. The largest absolute Gasteiger partial charge is 0.311 e. The summed E-state index contributed by atoms with van der Waals surface area (Å²) in [4.78, 5) is 2.76. The standard InChI is InChI=1S/C14H28N2/c1-11(2)14-10-16(8-7-15-14)13-6-4-5-12(3)9-13/h11-15H,4-10H2,1-3H3. The van der Waals surface area contributed by atoms with E-state index < -0.39 is 0 Å². The lowest BCUT2D eigenvalue weighted by molar-refractivity contribution is 0.0893. The van der Waals surface area contributed by atoms with Crippen LogP contribution in [-0.4, -0.2) is 36.6 Å². The van der Waals surface area contributed by atoms with Gasteiger partial charge >= 0.3 is 0 Å². The van der Waals surface area contributed by atoms with Crippen LogP contribution in [0.3, 0.4) is 0 Å². The Labute approximate surface area is 101 Å². The maximum atomic E-state index is 3.66. The number of hydrogen-bond acceptors (Lipinski definition) is 2. The second kappa shape index (κ2) is 5.50. The molecule has 3 unspecified atom stereocenters. The average Bonchev–Trinajstić information content (AvgIpc) is 2.29. The highest BCUT2D eigenvalue weighted by molar-refractivity contribution is 4.87. The van der Waals surface area contributed by atoms with Gasteiger partial charge in [0.15, 0.2) is 0 Å². The Bertz CT molecular complexity index is 215. The van der Waals surface area contributed by atoms with Crippen LogP contribution in [0.5, 0.6) is 0 Å². The third kappa shape index (κ3) is 2.98. The van der Waals surface area contributed by atoms with E-state index in [2.05, 4.69) is 31.0 Å². The molecule has 1 saturated heterocycles. The molecule has 0 aromatic heterocycles. The smallest absolute Gasteiger partial charge is 0.0218 e. The van der Waals surface area contributed by atoms with Crippen molar-refractivity contribution < 1.29 is 0 Å². The lowest BCUT2D eigenvalue weighted by Gasteiger charge is -2.42. The molecule has 2 rings (SSSR count). The van der Waals surface area contributed by atoms with Gasteiger partial charge in [0.25, 0.3) is 0 Å². The van der Waals surface area contributed by atoms with E-state index in [1.807, 2.05) is 0 Å². The minimum atomic E-state index is 0.714. The molecule has 16 heavy (non-hydrogen) atoms. The van der Waals surface area contributed by atoms with Gasteiger partial charge in [0.1, 0.15) is 0 Å². The van der Waals surface area contributed by atoms with Gasteiger partial charge in [-0.25, -0.2) is 0 Å². The zero-order valence-corrected chi connectivity index (χ0v) is 11.2. The predicted octanol–water partition coefficient (Wildman–Crippen LogP) is 2.49. The van der Waals surface area contributed by atoms with Crippen molar-refractivity contribution in [2.24, 2.45) is 11.8 Å². The van der Waals surface area contributed by atoms with Crippen LogP contribution >= 0.6 is 0 Å². The molecule has 2 nitrogen and oxygen atoms in total. The summed E-state index contributed by atoms with van der Waals surface area (Å²) in [6.07, 6.45) is 5.78. The Morgan fingerprint density at radius 1 is 1.25 bits per heavy atom. The van der Waals surface area contributed by atoms with Gasteiger partial charge in [-0.1, -0.05) is 33.6 Å². The minimum Gasteiger partial charge on any atom is -0.311 e. The number of rotatable bonds is 2. The van der Waals surface area contributed by atoms with Crippen molar-refractivity contribution in [1.29, 1.82) is 0 Å². The second-order valence-electron chi connectivity index (χ2n) is 6.23. The maximum Gasteiger partial charge on any atom is 0.0218 e. The summed E-state index contributed by atoms with van der Waals surface area (Å²) >= 11 is 0. The monoisotopic (exact) mass is 224 g/mol. The van der Waals surface area contributed by atoms with Gasteiger partial charge in [0, 0.05) is 31.7 Å². The second-order valence-corrected chi connectivity index (χ2v) is 6.23. The van der Waals surface area contributed by atoms with E-state index in [1.165, 1.54) is 45.3 Å². The molecule has 1 saturated carbocycles. The van der Waals surface area contributed by atoms with Gasteiger partial charge in [0.05, 0.1) is 0 Å². The maximum absolute atomic E-state index is 3.66. The Hall–Kier alpha value is -0.0800. The van der Waals surface area contributed by atoms with E-state index in [9.17, 15) is 0 Å². The molecule has 2 aliphatic rings. The highest BCUT2D eigenvalue weighted by atomic mass is 15.2. The summed E-state index contributed by atoms with van der Waals surface area (Å²) in [6, 6.07) is 1.60. The highest BCUT2D eigenvalue weighted by Gasteiger charge is 2.29. The van der Waals surface area contributed by atoms with Gasteiger partial charge in [-0.05, 0) is 24.7 Å². The first-order valence-electron chi connectivity index (χ1n) is 7.14. The van der Waals surface area contributed by atoms with Crippen LogP contribution in [-0.2, 0) is 0 Å². The number of hydrogen-bond donors (Lipinski definition) is 1. The summed E-state index contributed by atoms with van der Waals surface area (Å²) in [5.41, 5.74) is 0. The molecule has 1 aliphatic heterocycles. The van der Waals surface area contributed by atoms with E-state index in [0.717, 1.165) is 17.9 Å². The lowest BCUT2D eigenvalue weighted by Crippen LogP contribution is -2.56. The van der Waals surface area contributed by atoms with Crippen LogP contribution in [0.4, 0.5) is 0 Å². The summed E-state index contributed by atoms with van der Waals surface area (Å²) in [5, 5.41) is 3.66. The van der Waals surface area contributed by atoms with Crippen molar-refractivity contribution in [3.05, 3.63) is 0 Å². The van der Waals surface area contributed by atoms with Crippen LogP contribution in [0, 0.1) is 11.8 Å². The topological polar surface area (TPSA) is 15.3 Å². The Balaban J connectivity index is 1.88. The van der Waals surface area contributed by atoms with Crippen LogP contribution in [0.2, 0.25) is 0 Å². The zero-order chi connectivity index (χ0) is 11.5. The van der Waals surface area contributed by atoms with E-state index in [-0.39, 0.29) is 0 Å². The van der Waals surface area contributed by atoms with Crippen molar-refractivity contribution in [2.75, 3.05) is 19.6 Å². The van der Waals surface area contributed by atoms with Gasteiger partial charge < -0.3 is 5.32 Å². The molecule has 0 amide bonds. The van der Waals surface area contributed by atoms with E-state index in [4.69, 9.17) is 0 Å². The molecule has 3 atom stereocenters. The van der Waals surface area contributed by atoms with Gasteiger partial charge in [-0.2, -0.15) is 0 Å². The first-order chi connectivity index (χ1) is 7.66. The number of nitrogens with one attached hydrogen (secondary N) is 1. The molecule has 2 heteroatoms. The summed E-state index contributed by atoms with van der Waals surface area (Å²) in [7, 11) is 0. The summed E-state index contributed by atoms with van der Waals surface area (Å²) in [5.74, 6) is 1.72. The fourth-order valence-electron chi connectivity index (χ4n) is 3.31. The molecular formula is C14H28N2. The summed E-state index contributed by atoms with van der Waals surface area (Å²) in [6.45, 7) is 10.8. The minimum absolute atomic E-state index is 0.714. The quantitative estimate of drug-likeness (QED) is 0.775. The third-order valence-corrected chi connectivity index (χ3v) is 4.47. The first kappa shape index (κ1) is 12.4. The first-order valence-corrected chi connectivity index (χ1v) is 7.14. The molecule has 0 aromatic rings. The van der Waals surface area contributed by atoms with Crippen LogP contribution in [0.15, 0.2) is 0 Å². The van der Waals surface area contributed by atoms with E-state index >= 15 is 0 Å². The van der Waals surface area contributed by atoms with Crippen molar-refractivity contribution >= 4 is 0 Å². The molecule has 0 spiro atoms. The van der Waals surface area contributed by atoms with E-state index in [1.54, 1.807) is 0 Å². The molecule has 1 N–H and O–H groups in total. The lowest BCUT2D eigenvalue weighted by atomic mass is 9.85. The van der Waals surface area contributed by atoms with Crippen LogP contribution in [0.25, 0.3) is 0 Å². The highest BCUT2D eigenvalue weighted by Crippen LogP contribution is 2.28. The number of piperazine rings is 1. The van der Waals surface area contributed by atoms with Crippen molar-refractivity contribution in [1.82, 2.24) is 10.2 Å². The molecule has 0 bridgehead atoms. The SMILES string of the molecule is CC1CCCC(N2CCNC(C(C)C)C2)C1. The van der Waals surface area contributed by atoms with E-state index in [0.29, 0.717) is 6.04 Å². The van der Waals surface area contributed by atoms with Crippen LogP contribution < -0.4 is 5.32 Å². The molecule has 0 radical (unpaired) electrons. The van der Waals surface area contributed by atoms with Gasteiger partial charge in [-0.3, -0.25) is 4.90 Å². The molecule has 1 aliphatic carbocycles. The zero-order valence-electron chi connectivity index (χ0n) is 11.2. The average molecular weight is 224 g/mol. The van der Waals surface area contributed by atoms with Crippen molar-refractivity contribution in [3.63, 3.8) is 0 Å². The Morgan fingerprint density at radius 2 is 2.06 bits per heavy atom. The molecule has 0 aromatic carbocycles. The summed E-state index contributed by atoms with van der Waals surface area (Å²) < 4.78 is 0. The normalized spacial score (nSPS) is 37.9. The molecular weight excluding hydrogens is 196 g/mol. The molecule has 2 fully saturated rings. The van der Waals surface area contributed by atoms with Gasteiger partial charge in [0.2, 0.25) is 0 Å².